The van der Waals surface area contributed by atoms with E-state index < -0.39 is 0 Å². The first-order valence-electron chi connectivity index (χ1n) is 24.0. The molecule has 1 N–H and O–H groups in total. The average Bonchev–Trinajstić information content (AvgIpc) is 3.85. The number of nitrogens with zero attached hydrogens (tertiary/aromatic N) is 4. The van der Waals surface area contributed by atoms with Gasteiger partial charge >= 0.3 is 0 Å². The van der Waals surface area contributed by atoms with Crippen LogP contribution >= 0.6 is 21.6 Å². The zero-order valence-corrected chi connectivity index (χ0v) is 43.2. The van der Waals surface area contributed by atoms with Crippen LogP contribution in [-0.4, -0.2) is 115 Å². The van der Waals surface area contributed by atoms with Gasteiger partial charge in [-0.3, -0.25) is 19.5 Å². The second-order valence-corrected chi connectivity index (χ2v) is 21.8. The molecule has 2 amide bonds. The van der Waals surface area contributed by atoms with Gasteiger partial charge in [-0.1, -0.05) is 57.5 Å². The van der Waals surface area contributed by atoms with Gasteiger partial charge in [-0.05, 0) is 98.2 Å². The molecule has 16 heteroatoms. The summed E-state index contributed by atoms with van der Waals surface area (Å²) in [4.78, 5) is 39.4. The molecule has 4 heterocycles. The molecule has 0 fully saturated rings. The zero-order valence-electron chi connectivity index (χ0n) is 41.6. The molecule has 4 aliphatic heterocycles. The van der Waals surface area contributed by atoms with Crippen molar-refractivity contribution in [1.29, 1.82) is 0 Å². The van der Waals surface area contributed by atoms with Gasteiger partial charge in [-0.15, -0.1) is 0 Å². The molecule has 4 aliphatic rings. The van der Waals surface area contributed by atoms with Crippen molar-refractivity contribution in [2.75, 3.05) is 100 Å². The second-order valence-electron chi connectivity index (χ2n) is 18.7. The van der Waals surface area contributed by atoms with Gasteiger partial charge in [-0.2, -0.15) is 0 Å². The van der Waals surface area contributed by atoms with Crippen molar-refractivity contribution >= 4 is 68.1 Å². The molecule has 0 saturated carbocycles. The van der Waals surface area contributed by atoms with Crippen LogP contribution in [-0.2, 0) is 40.3 Å². The molecule has 0 aliphatic carbocycles. The third kappa shape index (κ3) is 11.1. The standard InChI is InChI=1S/C55H63N5O9S2/c1-35-12-13-48-39(20-35)25-42-31-57-46-29-52(50(65-6)27-44(46)54(62)60(42)48)69-33-37-21-36(22-40(23-37)58(34-55(2,3)71-70-7)14-15-66-18-19-67-17-16-63-4)32-68-51-28-45-43(26-49(51)64-5)53(61)59-41(30-56-45)24-38-10-8-9-11-47(38)59/h8-13,20-23,26-30,41-42,57H,14-19,24-25,31-34H2,1-7H3/t41-,42-/m0/s1. The number of rotatable bonds is 22. The molecular weight excluding hydrogens is 939 g/mol. The van der Waals surface area contributed by atoms with Crippen LogP contribution in [0, 0.1) is 6.92 Å². The lowest BCUT2D eigenvalue weighted by Crippen LogP contribution is -2.39. The number of carbonyl (C=O) groups is 2. The highest BCUT2D eigenvalue weighted by Gasteiger charge is 2.39. The molecule has 0 aromatic heterocycles. The number of para-hydroxylation sites is 1. The molecule has 2 atom stereocenters. The van der Waals surface area contributed by atoms with E-state index in [0.717, 1.165) is 46.7 Å². The topological polar surface area (TPSA) is 133 Å². The number of fused-ring (bicyclic) bond motifs is 8. The van der Waals surface area contributed by atoms with E-state index in [9.17, 15) is 9.59 Å². The van der Waals surface area contributed by atoms with Gasteiger partial charge in [0.2, 0.25) is 0 Å². The Morgan fingerprint density at radius 3 is 2.14 bits per heavy atom. The Morgan fingerprint density at radius 1 is 0.732 bits per heavy atom. The fraction of sp³-hybridized carbons (Fsp3) is 0.400. The van der Waals surface area contributed by atoms with Crippen LogP contribution in [0.15, 0.2) is 89.9 Å². The molecule has 0 saturated heterocycles. The van der Waals surface area contributed by atoms with Crippen molar-refractivity contribution in [1.82, 2.24) is 0 Å². The molecule has 9 rings (SSSR count). The zero-order chi connectivity index (χ0) is 49.6. The van der Waals surface area contributed by atoms with Gasteiger partial charge in [-0.25, -0.2) is 0 Å². The first-order valence-corrected chi connectivity index (χ1v) is 26.6. The molecule has 0 spiro atoms. The summed E-state index contributed by atoms with van der Waals surface area (Å²) in [5, 5.41) is 3.56. The molecule has 0 bridgehead atoms. The number of aryl methyl sites for hydroxylation is 1. The Kier molecular flexibility index (Phi) is 15.7. The number of hydrogen-bond acceptors (Lipinski definition) is 14. The van der Waals surface area contributed by atoms with Crippen molar-refractivity contribution < 1.29 is 42.7 Å². The summed E-state index contributed by atoms with van der Waals surface area (Å²) in [7, 11) is 8.40. The number of amides is 2. The Hall–Kier alpha value is -5.91. The third-order valence-corrected chi connectivity index (χ3v) is 15.7. The third-order valence-electron chi connectivity index (χ3n) is 13.1. The summed E-state index contributed by atoms with van der Waals surface area (Å²) in [6.45, 7) is 11.4. The lowest BCUT2D eigenvalue weighted by atomic mass is 10.1. The number of benzene rings is 5. The summed E-state index contributed by atoms with van der Waals surface area (Å²) in [6, 6.07) is 27.6. The summed E-state index contributed by atoms with van der Waals surface area (Å²) < 4.78 is 41.8. The summed E-state index contributed by atoms with van der Waals surface area (Å²) >= 11 is 0. The Bertz CT molecular complexity index is 2790. The number of carbonyl (C=O) groups excluding carboxylic acids is 2. The largest absolute Gasteiger partial charge is 0.493 e. The summed E-state index contributed by atoms with van der Waals surface area (Å²) in [6.07, 6.45) is 5.44. The fourth-order valence-electron chi connectivity index (χ4n) is 9.86. The minimum atomic E-state index is -0.183. The molecule has 0 unspecified atom stereocenters. The van der Waals surface area contributed by atoms with Crippen LogP contribution < -0.4 is 39.0 Å². The molecular formula is C55H63N5O9S2. The van der Waals surface area contributed by atoms with E-state index in [-0.39, 0.29) is 41.9 Å². The number of ether oxygens (including phenoxy) is 7. The summed E-state index contributed by atoms with van der Waals surface area (Å²) in [5.74, 6) is 1.67. The van der Waals surface area contributed by atoms with E-state index in [1.54, 1.807) is 50.3 Å². The predicted octanol–water partition coefficient (Wildman–Crippen LogP) is 9.73. The lowest BCUT2D eigenvalue weighted by Gasteiger charge is -2.34. The molecule has 0 radical (unpaired) electrons. The van der Waals surface area contributed by atoms with E-state index in [2.05, 4.69) is 79.7 Å². The molecule has 5 aromatic rings. The van der Waals surface area contributed by atoms with Crippen molar-refractivity contribution in [3.05, 3.63) is 124 Å². The smallest absolute Gasteiger partial charge is 0.261 e. The highest BCUT2D eigenvalue weighted by Crippen LogP contribution is 2.44. The number of methoxy groups -OCH3 is 3. The first kappa shape index (κ1) is 50.0. The van der Waals surface area contributed by atoms with Crippen LogP contribution in [0.1, 0.15) is 62.4 Å². The van der Waals surface area contributed by atoms with Gasteiger partial charge in [0.05, 0.1) is 81.8 Å². The lowest BCUT2D eigenvalue weighted by molar-refractivity contribution is 0.0264. The van der Waals surface area contributed by atoms with E-state index in [1.165, 1.54) is 11.1 Å². The molecule has 14 nitrogen and oxygen atoms in total. The minimum Gasteiger partial charge on any atom is -0.493 e. The first-order chi connectivity index (χ1) is 34.5. The number of hydrogen-bond donors (Lipinski definition) is 1. The Labute approximate surface area is 424 Å². The van der Waals surface area contributed by atoms with Gasteiger partial charge in [0.25, 0.3) is 11.8 Å². The normalized spacial score (nSPS) is 16.5. The molecule has 5 aromatic carbocycles. The number of nitrogens with one attached hydrogen (secondary N) is 1. The van der Waals surface area contributed by atoms with Crippen LogP contribution in [0.5, 0.6) is 23.0 Å². The maximum Gasteiger partial charge on any atom is 0.261 e. The fourth-order valence-corrected chi connectivity index (χ4v) is 12.0. The van der Waals surface area contributed by atoms with Crippen molar-refractivity contribution in [2.24, 2.45) is 4.99 Å². The van der Waals surface area contributed by atoms with Crippen LogP contribution in [0.4, 0.5) is 28.4 Å². The maximum absolute atomic E-state index is 14.3. The maximum atomic E-state index is 14.3. The van der Waals surface area contributed by atoms with E-state index in [0.29, 0.717) is 98.0 Å². The highest BCUT2D eigenvalue weighted by atomic mass is 33.1. The predicted molar refractivity (Wildman–Crippen MR) is 285 cm³/mol. The number of anilines is 4. The van der Waals surface area contributed by atoms with Crippen LogP contribution in [0.3, 0.4) is 0 Å². The summed E-state index contributed by atoms with van der Waals surface area (Å²) in [5.41, 5.74) is 10.3. The van der Waals surface area contributed by atoms with E-state index >= 15 is 0 Å². The van der Waals surface area contributed by atoms with Gasteiger partial charge in [0, 0.05) is 73.3 Å². The SMILES string of the molecule is COCCOCCOCCN(CC(C)(C)SSC)c1cc(COc2cc3c(cc2OC)C(=O)N2c4ccccc4C[C@H]2C=N3)cc(COc2cc3c(cc2OC)C(=O)N2c4ccc(C)cc4C[C@H]2CN3)c1. The Morgan fingerprint density at radius 2 is 1.41 bits per heavy atom. The second kappa shape index (κ2) is 22.2. The molecule has 374 valence electrons. The van der Waals surface area contributed by atoms with Gasteiger partial charge < -0.3 is 48.3 Å². The van der Waals surface area contributed by atoms with Gasteiger partial charge in [0.1, 0.15) is 13.2 Å². The van der Waals surface area contributed by atoms with Gasteiger partial charge in [0.15, 0.2) is 23.0 Å². The average molecular weight is 1000 g/mol. The monoisotopic (exact) mass is 1000 g/mol. The Balaban J connectivity index is 1.000. The van der Waals surface area contributed by atoms with E-state index in [1.807, 2.05) is 51.1 Å². The van der Waals surface area contributed by atoms with Crippen molar-refractivity contribution in [3.8, 4) is 23.0 Å². The van der Waals surface area contributed by atoms with E-state index in [4.69, 9.17) is 38.2 Å². The molecule has 71 heavy (non-hydrogen) atoms. The van der Waals surface area contributed by atoms with Crippen LogP contribution in [0.2, 0.25) is 0 Å². The van der Waals surface area contributed by atoms with Crippen LogP contribution in [0.25, 0.3) is 0 Å². The number of aliphatic imine (C=N–C) groups is 1. The minimum absolute atomic E-state index is 0.0100. The van der Waals surface area contributed by atoms with Crippen molar-refractivity contribution in [2.45, 2.75) is 63.7 Å². The van der Waals surface area contributed by atoms with Crippen molar-refractivity contribution in [3.63, 3.8) is 0 Å². The quantitative estimate of drug-likeness (QED) is 0.0522. The highest BCUT2D eigenvalue weighted by molar-refractivity contribution is 8.77.